The van der Waals surface area contributed by atoms with Crippen LogP contribution in [0.3, 0.4) is 0 Å². The lowest BCUT2D eigenvalue weighted by Crippen LogP contribution is -2.24. The van der Waals surface area contributed by atoms with Gasteiger partial charge >= 0.3 is 0 Å². The van der Waals surface area contributed by atoms with Gasteiger partial charge in [0, 0.05) is 0 Å². The van der Waals surface area contributed by atoms with Gasteiger partial charge in [0.25, 0.3) is 0 Å². The highest BCUT2D eigenvalue weighted by molar-refractivity contribution is 5.29. The molecule has 0 unspecified atom stereocenters. The van der Waals surface area contributed by atoms with Crippen LogP contribution in [0, 0.1) is 0 Å². The third-order valence-corrected chi connectivity index (χ3v) is 3.19. The number of furan rings is 1. The third kappa shape index (κ3) is 2.35. The first-order chi connectivity index (χ1) is 8.57. The second-order valence-electron chi connectivity index (χ2n) is 4.88. The normalized spacial score (nSPS) is 16.0. The smallest absolute Gasteiger partial charge is 0.117 e. The zero-order valence-electron chi connectivity index (χ0n) is 10.9. The van der Waals surface area contributed by atoms with Crippen molar-refractivity contribution >= 4 is 0 Å². The maximum atomic E-state index is 5.80. The largest absolute Gasteiger partial charge is 0.464 e. The van der Waals surface area contributed by atoms with Crippen LogP contribution in [0.1, 0.15) is 31.8 Å². The summed E-state index contributed by atoms with van der Waals surface area (Å²) in [5.74, 6) is 3.33. The molecular weight excluding hydrogens is 228 g/mol. The molecule has 1 aromatic rings. The summed E-state index contributed by atoms with van der Waals surface area (Å²) in [6.07, 6.45) is 4.90. The minimum atomic E-state index is -0.317. The van der Waals surface area contributed by atoms with Crippen molar-refractivity contribution in [2.75, 3.05) is 6.54 Å². The molecule has 98 valence electrons. The average molecular weight is 248 g/mol. The van der Waals surface area contributed by atoms with Crippen LogP contribution in [0.5, 0.6) is 0 Å². The molecule has 0 atom stereocenters. The van der Waals surface area contributed by atoms with E-state index in [1.54, 1.807) is 0 Å². The third-order valence-electron chi connectivity index (χ3n) is 3.19. The van der Waals surface area contributed by atoms with E-state index >= 15 is 0 Å². The van der Waals surface area contributed by atoms with Crippen LogP contribution in [0.2, 0.25) is 0 Å². The van der Waals surface area contributed by atoms with Crippen molar-refractivity contribution in [1.82, 2.24) is 0 Å². The van der Waals surface area contributed by atoms with Gasteiger partial charge in [-0.3, -0.25) is 0 Å². The first-order valence-corrected chi connectivity index (χ1v) is 6.14. The fourth-order valence-electron chi connectivity index (χ4n) is 1.97. The molecule has 0 saturated heterocycles. The Bertz CT molecular complexity index is 484. The highest BCUT2D eigenvalue weighted by Crippen LogP contribution is 2.36. The van der Waals surface area contributed by atoms with E-state index < -0.39 is 0 Å². The van der Waals surface area contributed by atoms with Crippen LogP contribution >= 0.6 is 0 Å². The molecule has 0 radical (unpaired) electrons. The topological polar surface area (TPSA) is 74.4 Å². The molecule has 0 saturated carbocycles. The maximum absolute atomic E-state index is 5.80. The number of rotatable bonds is 4. The van der Waals surface area contributed by atoms with Gasteiger partial charge in [0.2, 0.25) is 0 Å². The van der Waals surface area contributed by atoms with E-state index in [1.165, 1.54) is 0 Å². The molecule has 1 aromatic heterocycles. The molecule has 1 aliphatic heterocycles. The molecule has 2 rings (SSSR count). The molecular formula is C14H20N2O2. The molecule has 0 aliphatic carbocycles. The second-order valence-corrected chi connectivity index (χ2v) is 4.88. The second kappa shape index (κ2) is 5.00. The van der Waals surface area contributed by atoms with Crippen LogP contribution in [0.15, 0.2) is 40.2 Å². The van der Waals surface area contributed by atoms with E-state index in [9.17, 15) is 0 Å². The highest BCUT2D eigenvalue weighted by Gasteiger charge is 2.32. The van der Waals surface area contributed by atoms with Crippen molar-refractivity contribution in [3.05, 3.63) is 47.3 Å². The number of hydrogen-bond acceptors (Lipinski definition) is 4. The van der Waals surface area contributed by atoms with E-state index in [2.05, 4.69) is 19.9 Å². The van der Waals surface area contributed by atoms with Crippen molar-refractivity contribution in [3.63, 3.8) is 0 Å². The van der Waals surface area contributed by atoms with Crippen LogP contribution < -0.4 is 11.5 Å². The fraction of sp³-hybridized carbons (Fsp3) is 0.429. The summed E-state index contributed by atoms with van der Waals surface area (Å²) in [7, 11) is 0. The van der Waals surface area contributed by atoms with Gasteiger partial charge in [-0.2, -0.15) is 0 Å². The lowest BCUT2D eigenvalue weighted by atomic mass is 9.86. The molecule has 0 amide bonds. The van der Waals surface area contributed by atoms with Gasteiger partial charge in [0.15, 0.2) is 0 Å². The van der Waals surface area contributed by atoms with Crippen LogP contribution in [0.4, 0.5) is 0 Å². The Morgan fingerprint density at radius 2 is 1.94 bits per heavy atom. The summed E-state index contributed by atoms with van der Waals surface area (Å²) >= 11 is 0. The van der Waals surface area contributed by atoms with Gasteiger partial charge < -0.3 is 20.6 Å². The van der Waals surface area contributed by atoms with Gasteiger partial charge in [0.1, 0.15) is 23.0 Å². The SMILES string of the molecule is CC(C)(C1=CCC=C(CN)O1)c1ccc(CN)o1. The van der Waals surface area contributed by atoms with Crippen molar-refractivity contribution in [2.45, 2.75) is 32.2 Å². The summed E-state index contributed by atoms with van der Waals surface area (Å²) in [5, 5.41) is 0. The summed E-state index contributed by atoms with van der Waals surface area (Å²) < 4.78 is 11.5. The Kier molecular flexibility index (Phi) is 3.59. The predicted octanol–water partition coefficient (Wildman–Crippen LogP) is 2.16. The average Bonchev–Trinajstić information content (AvgIpc) is 2.88. The van der Waals surface area contributed by atoms with E-state index in [-0.39, 0.29) is 5.41 Å². The van der Waals surface area contributed by atoms with E-state index in [1.807, 2.05) is 18.2 Å². The number of nitrogens with two attached hydrogens (primary N) is 2. The van der Waals surface area contributed by atoms with Gasteiger partial charge in [-0.1, -0.05) is 0 Å². The Hall–Kier alpha value is -1.52. The van der Waals surface area contributed by atoms with Crippen molar-refractivity contribution in [2.24, 2.45) is 11.5 Å². The van der Waals surface area contributed by atoms with E-state index in [4.69, 9.17) is 20.6 Å². The molecule has 1 aliphatic rings. The van der Waals surface area contributed by atoms with Crippen molar-refractivity contribution in [3.8, 4) is 0 Å². The molecule has 0 bridgehead atoms. The molecule has 0 spiro atoms. The van der Waals surface area contributed by atoms with Gasteiger partial charge in [-0.15, -0.1) is 0 Å². The van der Waals surface area contributed by atoms with Crippen LogP contribution in [-0.2, 0) is 16.7 Å². The Morgan fingerprint density at radius 1 is 1.17 bits per heavy atom. The van der Waals surface area contributed by atoms with Crippen molar-refractivity contribution in [1.29, 1.82) is 0 Å². The standard InChI is InChI=1S/C14H20N2O2/c1-14(2,13-7-6-11(9-16)18-13)12-5-3-4-10(8-15)17-12/h4-7H,3,8-9,15-16H2,1-2H3. The maximum Gasteiger partial charge on any atom is 0.117 e. The Balaban J connectivity index is 2.23. The molecule has 18 heavy (non-hydrogen) atoms. The summed E-state index contributed by atoms with van der Waals surface area (Å²) in [6.45, 7) is 4.96. The minimum absolute atomic E-state index is 0.317. The van der Waals surface area contributed by atoms with E-state index in [0.717, 1.165) is 29.5 Å². The van der Waals surface area contributed by atoms with Crippen LogP contribution in [0.25, 0.3) is 0 Å². The number of ether oxygens (including phenoxy) is 1. The molecule has 0 aromatic carbocycles. The fourth-order valence-corrected chi connectivity index (χ4v) is 1.97. The first kappa shape index (κ1) is 12.9. The Labute approximate surface area is 107 Å². The quantitative estimate of drug-likeness (QED) is 0.856. The van der Waals surface area contributed by atoms with Gasteiger partial charge in [0.05, 0.1) is 18.5 Å². The number of allylic oxidation sites excluding steroid dienone is 3. The van der Waals surface area contributed by atoms with Gasteiger partial charge in [-0.05, 0) is 44.6 Å². The zero-order valence-corrected chi connectivity index (χ0v) is 10.9. The van der Waals surface area contributed by atoms with Gasteiger partial charge in [-0.25, -0.2) is 0 Å². The molecule has 4 heteroatoms. The summed E-state index contributed by atoms with van der Waals surface area (Å²) in [4.78, 5) is 0. The molecule has 4 nitrogen and oxygen atoms in total. The minimum Gasteiger partial charge on any atom is -0.464 e. The van der Waals surface area contributed by atoms with Crippen LogP contribution in [-0.4, -0.2) is 6.54 Å². The highest BCUT2D eigenvalue weighted by atomic mass is 16.5. The summed E-state index contributed by atoms with van der Waals surface area (Å²) in [5.41, 5.74) is 10.9. The molecule has 0 fully saturated rings. The lowest BCUT2D eigenvalue weighted by molar-refractivity contribution is 0.219. The number of hydrogen-bond donors (Lipinski definition) is 2. The zero-order chi connectivity index (χ0) is 13.2. The molecule has 2 heterocycles. The monoisotopic (exact) mass is 248 g/mol. The lowest BCUT2D eigenvalue weighted by Gasteiger charge is -2.28. The molecule has 4 N–H and O–H groups in total. The van der Waals surface area contributed by atoms with E-state index in [0.29, 0.717) is 13.1 Å². The first-order valence-electron chi connectivity index (χ1n) is 6.14. The Morgan fingerprint density at radius 3 is 2.56 bits per heavy atom. The van der Waals surface area contributed by atoms with Crippen molar-refractivity contribution < 1.29 is 9.15 Å². The summed E-state index contributed by atoms with van der Waals surface area (Å²) in [6, 6.07) is 3.85. The predicted molar refractivity (Wildman–Crippen MR) is 70.5 cm³/mol.